The molecule has 1 heterocycles. The third-order valence-electron chi connectivity index (χ3n) is 5.24. The summed E-state index contributed by atoms with van der Waals surface area (Å²) in [6.07, 6.45) is 0.0497. The Hall–Kier alpha value is -4.26. The van der Waals surface area contributed by atoms with Crippen molar-refractivity contribution in [1.82, 2.24) is 0 Å². The van der Waals surface area contributed by atoms with E-state index in [2.05, 4.69) is 5.32 Å². The largest absolute Gasteiger partial charge is 0.497 e. The highest BCUT2D eigenvalue weighted by atomic mass is 16.5. The number of nitrogens with one attached hydrogen (secondary N) is 1. The summed E-state index contributed by atoms with van der Waals surface area (Å²) in [7, 11) is 3.03. The first-order chi connectivity index (χ1) is 16.4. The molecular weight excluding hydrogens is 432 g/mol. The lowest BCUT2D eigenvalue weighted by molar-refractivity contribution is -0.120. The fraction of sp³-hybridized carbons (Fsp3) is 0.185. The molecule has 3 aromatic rings. The van der Waals surface area contributed by atoms with Crippen LogP contribution in [0.5, 0.6) is 17.2 Å². The van der Waals surface area contributed by atoms with Gasteiger partial charge < -0.3 is 19.5 Å². The maximum absolute atomic E-state index is 13.6. The smallest absolute Gasteiger partial charge is 0.282 e. The highest BCUT2D eigenvalue weighted by Crippen LogP contribution is 2.37. The van der Waals surface area contributed by atoms with E-state index in [1.54, 1.807) is 30.3 Å². The van der Waals surface area contributed by atoms with Crippen molar-refractivity contribution in [3.8, 4) is 17.2 Å². The molecule has 7 heteroatoms. The van der Waals surface area contributed by atoms with Gasteiger partial charge in [0.25, 0.3) is 11.8 Å². The summed E-state index contributed by atoms with van der Waals surface area (Å²) >= 11 is 0. The number of hydrogen-bond donors (Lipinski definition) is 1. The van der Waals surface area contributed by atoms with Gasteiger partial charge in [0.1, 0.15) is 22.9 Å². The van der Waals surface area contributed by atoms with Crippen LogP contribution in [0, 0.1) is 0 Å². The van der Waals surface area contributed by atoms with Gasteiger partial charge >= 0.3 is 0 Å². The highest BCUT2D eigenvalue weighted by molar-refractivity contribution is 6.46. The standard InChI is InChI=1S/C27H26N2O5/c1-17(2)34-21-12-10-19(11-13-21)28-25-24(18-8-6-5-7-9-18)26(30)29(27(25)31)20-14-22(32-3)16-23(15-20)33-4/h5-17,28H,1-4H3. The van der Waals surface area contributed by atoms with Gasteiger partial charge in [-0.3, -0.25) is 9.59 Å². The number of methoxy groups -OCH3 is 2. The molecule has 7 nitrogen and oxygen atoms in total. The molecule has 0 saturated carbocycles. The van der Waals surface area contributed by atoms with Crippen molar-refractivity contribution in [3.63, 3.8) is 0 Å². The first-order valence-corrected chi connectivity index (χ1v) is 10.9. The van der Waals surface area contributed by atoms with Crippen molar-refractivity contribution < 1.29 is 23.8 Å². The number of carbonyl (C=O) groups is 2. The van der Waals surface area contributed by atoms with Gasteiger partial charge in [-0.2, -0.15) is 0 Å². The van der Waals surface area contributed by atoms with E-state index in [4.69, 9.17) is 14.2 Å². The molecule has 0 atom stereocenters. The van der Waals surface area contributed by atoms with E-state index in [1.807, 2.05) is 56.3 Å². The van der Waals surface area contributed by atoms with Gasteiger partial charge in [-0.25, -0.2) is 4.90 Å². The molecule has 0 aromatic heterocycles. The molecule has 34 heavy (non-hydrogen) atoms. The minimum atomic E-state index is -0.471. The summed E-state index contributed by atoms with van der Waals surface area (Å²) < 4.78 is 16.4. The lowest BCUT2D eigenvalue weighted by atomic mass is 10.0. The maximum atomic E-state index is 13.6. The van der Waals surface area contributed by atoms with E-state index in [-0.39, 0.29) is 17.4 Å². The van der Waals surface area contributed by atoms with Crippen molar-refractivity contribution in [3.05, 3.63) is 84.1 Å². The average Bonchev–Trinajstić information content (AvgIpc) is 3.09. The van der Waals surface area contributed by atoms with Crippen molar-refractivity contribution in [1.29, 1.82) is 0 Å². The van der Waals surface area contributed by atoms with Crippen molar-refractivity contribution >= 4 is 28.8 Å². The van der Waals surface area contributed by atoms with Crippen molar-refractivity contribution in [2.75, 3.05) is 24.4 Å². The second-order valence-corrected chi connectivity index (χ2v) is 7.95. The Bertz CT molecular complexity index is 1210. The molecule has 0 saturated heterocycles. The summed E-state index contributed by atoms with van der Waals surface area (Å²) in [5.74, 6) is 0.754. The monoisotopic (exact) mass is 458 g/mol. The molecule has 1 aliphatic heterocycles. The Morgan fingerprint density at radius 2 is 1.38 bits per heavy atom. The number of amides is 2. The molecule has 0 spiro atoms. The summed E-state index contributed by atoms with van der Waals surface area (Å²) in [6.45, 7) is 3.90. The predicted octanol–water partition coefficient (Wildman–Crippen LogP) is 4.89. The molecule has 0 bridgehead atoms. The molecule has 2 amide bonds. The zero-order chi connectivity index (χ0) is 24.2. The van der Waals surface area contributed by atoms with Crippen LogP contribution in [-0.4, -0.2) is 32.1 Å². The van der Waals surface area contributed by atoms with Crippen LogP contribution in [0.3, 0.4) is 0 Å². The minimum absolute atomic E-state index is 0.0497. The molecule has 0 unspecified atom stereocenters. The first-order valence-electron chi connectivity index (χ1n) is 10.9. The van der Waals surface area contributed by atoms with Gasteiger partial charge in [0.15, 0.2) is 0 Å². The third kappa shape index (κ3) is 4.59. The minimum Gasteiger partial charge on any atom is -0.497 e. The summed E-state index contributed by atoms with van der Waals surface area (Å²) in [5, 5.41) is 3.16. The number of hydrogen-bond acceptors (Lipinski definition) is 6. The van der Waals surface area contributed by atoms with Crippen LogP contribution in [0.15, 0.2) is 78.5 Å². The van der Waals surface area contributed by atoms with E-state index in [0.717, 1.165) is 10.6 Å². The number of benzene rings is 3. The van der Waals surface area contributed by atoms with Crippen LogP contribution in [0.4, 0.5) is 11.4 Å². The van der Waals surface area contributed by atoms with Gasteiger partial charge in [-0.05, 0) is 43.7 Å². The lowest BCUT2D eigenvalue weighted by Gasteiger charge is -2.17. The van der Waals surface area contributed by atoms with E-state index in [0.29, 0.717) is 28.4 Å². The molecule has 1 N–H and O–H groups in total. The Labute approximate surface area is 198 Å². The molecule has 0 radical (unpaired) electrons. The second kappa shape index (κ2) is 9.70. The number of nitrogens with zero attached hydrogens (tertiary/aromatic N) is 1. The Morgan fingerprint density at radius 3 is 1.94 bits per heavy atom. The van der Waals surface area contributed by atoms with Crippen LogP contribution < -0.4 is 24.4 Å². The van der Waals surface area contributed by atoms with Crippen LogP contribution in [0.1, 0.15) is 19.4 Å². The third-order valence-corrected chi connectivity index (χ3v) is 5.24. The SMILES string of the molecule is COc1cc(OC)cc(N2C(=O)C(Nc3ccc(OC(C)C)cc3)=C(c3ccccc3)C2=O)c1. The van der Waals surface area contributed by atoms with E-state index in [9.17, 15) is 9.59 Å². The second-order valence-electron chi connectivity index (χ2n) is 7.95. The van der Waals surface area contributed by atoms with E-state index in [1.165, 1.54) is 14.2 Å². The van der Waals surface area contributed by atoms with Crippen LogP contribution >= 0.6 is 0 Å². The molecular formula is C27H26N2O5. The van der Waals surface area contributed by atoms with Crippen LogP contribution in [-0.2, 0) is 9.59 Å². The van der Waals surface area contributed by atoms with E-state index < -0.39 is 11.8 Å². The zero-order valence-electron chi connectivity index (χ0n) is 19.5. The number of rotatable bonds is 8. The number of anilines is 2. The van der Waals surface area contributed by atoms with Gasteiger partial charge in [0.2, 0.25) is 0 Å². The van der Waals surface area contributed by atoms with E-state index >= 15 is 0 Å². The van der Waals surface area contributed by atoms with Crippen molar-refractivity contribution in [2.24, 2.45) is 0 Å². The predicted molar refractivity (Wildman–Crippen MR) is 131 cm³/mol. The molecule has 0 fully saturated rings. The normalized spacial score (nSPS) is 13.5. The topological polar surface area (TPSA) is 77.1 Å². The van der Waals surface area contributed by atoms with Gasteiger partial charge in [-0.1, -0.05) is 30.3 Å². The number of ether oxygens (including phenoxy) is 3. The molecule has 3 aromatic carbocycles. The summed E-state index contributed by atoms with van der Waals surface area (Å²) in [6, 6.07) is 21.3. The highest BCUT2D eigenvalue weighted by Gasteiger charge is 2.40. The molecule has 174 valence electrons. The van der Waals surface area contributed by atoms with Gasteiger partial charge in [-0.15, -0.1) is 0 Å². The maximum Gasteiger partial charge on any atom is 0.282 e. The zero-order valence-corrected chi connectivity index (χ0v) is 19.5. The summed E-state index contributed by atoms with van der Waals surface area (Å²) in [5.41, 5.74) is 2.13. The van der Waals surface area contributed by atoms with Gasteiger partial charge in [0.05, 0.1) is 31.6 Å². The molecule has 1 aliphatic rings. The quantitative estimate of drug-likeness (QED) is 0.485. The van der Waals surface area contributed by atoms with Crippen molar-refractivity contribution in [2.45, 2.75) is 20.0 Å². The fourth-order valence-electron chi connectivity index (χ4n) is 3.71. The molecule has 0 aliphatic carbocycles. The summed E-state index contributed by atoms with van der Waals surface area (Å²) in [4.78, 5) is 28.3. The number of carbonyl (C=O) groups excluding carboxylic acids is 2. The molecule has 4 rings (SSSR count). The van der Waals surface area contributed by atoms with Gasteiger partial charge in [0, 0.05) is 23.9 Å². The fourth-order valence-corrected chi connectivity index (χ4v) is 3.71. The first kappa shape index (κ1) is 22.9. The Balaban J connectivity index is 1.75. The number of imide groups is 1. The Morgan fingerprint density at radius 1 is 0.765 bits per heavy atom. The van der Waals surface area contributed by atoms with Crippen LogP contribution in [0.2, 0.25) is 0 Å². The average molecular weight is 459 g/mol. The Kier molecular flexibility index (Phi) is 6.54. The lowest BCUT2D eigenvalue weighted by Crippen LogP contribution is -2.32. The van der Waals surface area contributed by atoms with Crippen LogP contribution in [0.25, 0.3) is 5.57 Å².